The Morgan fingerprint density at radius 2 is 1.20 bits per heavy atom. The molecule has 106 valence electrons. The molecule has 0 spiro atoms. The highest BCUT2D eigenvalue weighted by Gasteiger charge is 2.18. The van der Waals surface area contributed by atoms with E-state index in [1.54, 1.807) is 0 Å². The van der Waals surface area contributed by atoms with Gasteiger partial charge in [0.25, 0.3) is 0 Å². The molecule has 0 N–H and O–H groups in total. The van der Waals surface area contributed by atoms with Crippen LogP contribution in [-0.2, 0) is 6.42 Å². The van der Waals surface area contributed by atoms with E-state index in [-0.39, 0.29) is 0 Å². The molecule has 20 heavy (non-hydrogen) atoms. The second kappa shape index (κ2) is 6.13. The van der Waals surface area contributed by atoms with Crippen LogP contribution in [0.5, 0.6) is 0 Å². The Hall–Kier alpha value is -1.08. The van der Waals surface area contributed by atoms with Crippen LogP contribution >= 0.6 is 15.9 Å². The lowest BCUT2D eigenvalue weighted by atomic mass is 9.87. The molecule has 0 aliphatic heterocycles. The molecule has 0 aliphatic rings. The maximum Gasteiger partial charge on any atom is 0.0441 e. The molecule has 1 atom stereocenters. The van der Waals surface area contributed by atoms with Gasteiger partial charge in [-0.3, -0.25) is 0 Å². The van der Waals surface area contributed by atoms with Crippen molar-refractivity contribution in [2.45, 2.75) is 45.9 Å². The van der Waals surface area contributed by atoms with Crippen molar-refractivity contribution in [3.05, 3.63) is 69.3 Å². The zero-order valence-electron chi connectivity index (χ0n) is 13.0. The highest BCUT2D eigenvalue weighted by Crippen LogP contribution is 2.36. The second-order valence-electron chi connectivity index (χ2n) is 5.70. The summed E-state index contributed by atoms with van der Waals surface area (Å²) in [5.74, 6) is 0. The summed E-state index contributed by atoms with van der Waals surface area (Å²) in [6.07, 6.45) is 1.03. The maximum absolute atomic E-state index is 3.92. The van der Waals surface area contributed by atoms with Crippen molar-refractivity contribution in [3.63, 3.8) is 0 Å². The van der Waals surface area contributed by atoms with Crippen LogP contribution in [0.4, 0.5) is 0 Å². The summed E-state index contributed by atoms with van der Waals surface area (Å²) in [5, 5.41) is 0. The number of benzene rings is 2. The summed E-state index contributed by atoms with van der Waals surface area (Å²) < 4.78 is 0. The van der Waals surface area contributed by atoms with Crippen molar-refractivity contribution < 1.29 is 0 Å². The van der Waals surface area contributed by atoms with Gasteiger partial charge in [0.1, 0.15) is 0 Å². The second-order valence-corrected chi connectivity index (χ2v) is 6.80. The molecule has 0 bridgehead atoms. The minimum absolute atomic E-state index is 0.378. The van der Waals surface area contributed by atoms with Crippen LogP contribution in [0.3, 0.4) is 0 Å². The number of hydrogen-bond acceptors (Lipinski definition) is 0. The molecule has 0 saturated carbocycles. The molecule has 0 amide bonds. The van der Waals surface area contributed by atoms with Gasteiger partial charge in [-0.2, -0.15) is 0 Å². The molecule has 2 aromatic carbocycles. The van der Waals surface area contributed by atoms with Crippen LogP contribution < -0.4 is 0 Å². The van der Waals surface area contributed by atoms with Crippen LogP contribution in [0.1, 0.15) is 43.8 Å². The Morgan fingerprint density at radius 1 is 0.750 bits per heavy atom. The van der Waals surface area contributed by atoms with Crippen molar-refractivity contribution in [2.75, 3.05) is 0 Å². The molecule has 1 unspecified atom stereocenters. The van der Waals surface area contributed by atoms with Crippen LogP contribution in [0, 0.1) is 34.6 Å². The third-order valence-corrected chi connectivity index (χ3v) is 5.41. The Morgan fingerprint density at radius 3 is 1.70 bits per heavy atom. The fourth-order valence-electron chi connectivity index (χ4n) is 2.92. The Kier molecular flexibility index (Phi) is 4.70. The van der Waals surface area contributed by atoms with Gasteiger partial charge in [-0.15, -0.1) is 0 Å². The van der Waals surface area contributed by atoms with Gasteiger partial charge in [0.05, 0.1) is 0 Å². The molecule has 0 aliphatic carbocycles. The first-order valence-electron chi connectivity index (χ1n) is 7.18. The van der Waals surface area contributed by atoms with E-state index in [4.69, 9.17) is 0 Å². The molecule has 0 saturated heterocycles. The number of rotatable bonds is 3. The molecule has 2 aromatic rings. The van der Waals surface area contributed by atoms with Crippen LogP contribution in [0.2, 0.25) is 0 Å². The number of alkyl halides is 1. The van der Waals surface area contributed by atoms with E-state index >= 15 is 0 Å². The average Bonchev–Trinajstić information content (AvgIpc) is 2.44. The third kappa shape index (κ3) is 2.83. The first-order chi connectivity index (χ1) is 9.43. The zero-order chi connectivity index (χ0) is 14.9. The highest BCUT2D eigenvalue weighted by molar-refractivity contribution is 9.09. The zero-order valence-corrected chi connectivity index (χ0v) is 14.6. The monoisotopic (exact) mass is 330 g/mol. The van der Waals surface area contributed by atoms with Gasteiger partial charge in [-0.05, 0) is 80.0 Å². The van der Waals surface area contributed by atoms with Gasteiger partial charge >= 0.3 is 0 Å². The topological polar surface area (TPSA) is 0 Å². The SMILES string of the molecule is Cc1c(C)c(C)c(C(Br)Cc2ccccc2)c(C)c1C. The molecular formula is C19H23Br. The highest BCUT2D eigenvalue weighted by atomic mass is 79.9. The van der Waals surface area contributed by atoms with Crippen molar-refractivity contribution >= 4 is 15.9 Å². The smallest absolute Gasteiger partial charge is 0.0441 e. The fraction of sp³-hybridized carbons (Fsp3) is 0.368. The van der Waals surface area contributed by atoms with Gasteiger partial charge in [0, 0.05) is 4.83 Å². The van der Waals surface area contributed by atoms with E-state index in [0.717, 1.165) is 6.42 Å². The maximum atomic E-state index is 3.92. The predicted octanol–water partition coefficient (Wildman–Crippen LogP) is 5.91. The molecule has 0 radical (unpaired) electrons. The molecule has 0 nitrogen and oxygen atoms in total. The molecule has 0 fully saturated rings. The first kappa shape index (κ1) is 15.3. The van der Waals surface area contributed by atoms with E-state index in [1.165, 1.54) is 38.9 Å². The first-order valence-corrected chi connectivity index (χ1v) is 8.10. The van der Waals surface area contributed by atoms with Crippen molar-refractivity contribution in [3.8, 4) is 0 Å². The molecule has 0 heterocycles. The van der Waals surface area contributed by atoms with Gasteiger partial charge in [0.2, 0.25) is 0 Å². The standard InChI is InChI=1S/C19H23Br/c1-12-13(2)15(4)19(16(5)14(12)3)18(20)11-17-9-7-6-8-10-17/h6-10,18H,11H2,1-5H3. The molecule has 0 aromatic heterocycles. The minimum Gasteiger partial charge on any atom is -0.0835 e. The van der Waals surface area contributed by atoms with E-state index in [2.05, 4.69) is 80.9 Å². The van der Waals surface area contributed by atoms with Gasteiger partial charge in [0.15, 0.2) is 0 Å². The predicted molar refractivity (Wildman–Crippen MR) is 91.9 cm³/mol. The average molecular weight is 331 g/mol. The van der Waals surface area contributed by atoms with Gasteiger partial charge in [-0.25, -0.2) is 0 Å². The largest absolute Gasteiger partial charge is 0.0835 e. The minimum atomic E-state index is 0.378. The lowest BCUT2D eigenvalue weighted by Crippen LogP contribution is -2.06. The van der Waals surface area contributed by atoms with Crippen molar-refractivity contribution in [1.29, 1.82) is 0 Å². The summed E-state index contributed by atoms with van der Waals surface area (Å²) in [4.78, 5) is 0.378. The lowest BCUT2D eigenvalue weighted by molar-refractivity contribution is 0.915. The van der Waals surface area contributed by atoms with Crippen LogP contribution in [0.15, 0.2) is 30.3 Å². The summed E-state index contributed by atoms with van der Waals surface area (Å²) in [6.45, 7) is 11.2. The van der Waals surface area contributed by atoms with E-state index in [1.807, 2.05) is 0 Å². The Labute approximate surface area is 131 Å². The number of hydrogen-bond donors (Lipinski definition) is 0. The van der Waals surface area contributed by atoms with Gasteiger partial charge < -0.3 is 0 Å². The fourth-order valence-corrected chi connectivity index (χ4v) is 3.98. The van der Waals surface area contributed by atoms with Crippen LogP contribution in [-0.4, -0.2) is 0 Å². The molecule has 1 heteroatoms. The summed E-state index contributed by atoms with van der Waals surface area (Å²) >= 11 is 3.92. The summed E-state index contributed by atoms with van der Waals surface area (Å²) in [6, 6.07) is 10.7. The van der Waals surface area contributed by atoms with Crippen LogP contribution in [0.25, 0.3) is 0 Å². The quantitative estimate of drug-likeness (QED) is 0.614. The Balaban J connectivity index is 2.42. The third-order valence-electron chi connectivity index (χ3n) is 4.63. The van der Waals surface area contributed by atoms with Gasteiger partial charge in [-0.1, -0.05) is 46.3 Å². The van der Waals surface area contributed by atoms with E-state index in [0.29, 0.717) is 4.83 Å². The summed E-state index contributed by atoms with van der Waals surface area (Å²) in [5.41, 5.74) is 10.0. The Bertz CT molecular complexity index is 582. The molecular weight excluding hydrogens is 308 g/mol. The number of halogens is 1. The molecule has 2 rings (SSSR count). The normalized spacial score (nSPS) is 12.5. The van der Waals surface area contributed by atoms with E-state index in [9.17, 15) is 0 Å². The summed E-state index contributed by atoms with van der Waals surface area (Å²) in [7, 11) is 0. The lowest BCUT2D eigenvalue weighted by Gasteiger charge is -2.22. The van der Waals surface area contributed by atoms with E-state index < -0.39 is 0 Å². The van der Waals surface area contributed by atoms with Crippen molar-refractivity contribution in [2.24, 2.45) is 0 Å². The van der Waals surface area contributed by atoms with Crippen molar-refractivity contribution in [1.82, 2.24) is 0 Å².